The lowest BCUT2D eigenvalue weighted by atomic mass is 9.80. The molecule has 0 unspecified atom stereocenters. The molecule has 0 aliphatic heterocycles. The molecule has 0 radical (unpaired) electrons. The topological polar surface area (TPSA) is 42.4 Å². The average molecular weight is 151 g/mol. The third kappa shape index (κ3) is 2.33. The van der Waals surface area contributed by atoms with E-state index in [1.165, 1.54) is 0 Å². The molecule has 0 aliphatic rings. The average Bonchev–Trinajstić information content (AvgIpc) is 2.07. The van der Waals surface area contributed by atoms with Gasteiger partial charge >= 0.3 is 7.12 Å². The molecule has 1 heterocycles. The minimum Gasteiger partial charge on any atom is -0.423 e. The van der Waals surface area contributed by atoms with Gasteiger partial charge in [0.2, 0.25) is 0 Å². The van der Waals surface area contributed by atoms with E-state index in [0.29, 0.717) is 6.61 Å². The predicted molar refractivity (Wildman–Crippen MR) is 43.5 cm³/mol. The first-order valence-corrected chi connectivity index (χ1v) is 3.54. The van der Waals surface area contributed by atoms with Gasteiger partial charge in [0.15, 0.2) is 0 Å². The molecule has 1 aromatic rings. The van der Waals surface area contributed by atoms with Gasteiger partial charge in [-0.25, -0.2) is 0 Å². The van der Waals surface area contributed by atoms with Crippen LogP contribution in [0.1, 0.15) is 6.92 Å². The Morgan fingerprint density at radius 2 is 2.18 bits per heavy atom. The van der Waals surface area contributed by atoms with E-state index in [1.807, 2.05) is 6.92 Å². The van der Waals surface area contributed by atoms with Crippen LogP contribution in [0.2, 0.25) is 0 Å². The Balaban J connectivity index is 2.61. The van der Waals surface area contributed by atoms with Crippen LogP contribution in [0.4, 0.5) is 0 Å². The zero-order chi connectivity index (χ0) is 8.10. The van der Waals surface area contributed by atoms with E-state index in [0.717, 1.165) is 5.46 Å². The minimum absolute atomic E-state index is 0.503. The van der Waals surface area contributed by atoms with Gasteiger partial charge < -0.3 is 9.68 Å². The van der Waals surface area contributed by atoms with Crippen LogP contribution < -0.4 is 5.46 Å². The Morgan fingerprint density at radius 3 is 2.73 bits per heavy atom. The summed E-state index contributed by atoms with van der Waals surface area (Å²) >= 11 is 0. The van der Waals surface area contributed by atoms with Crippen molar-refractivity contribution in [2.45, 2.75) is 6.92 Å². The molecule has 3 nitrogen and oxygen atoms in total. The van der Waals surface area contributed by atoms with Crippen molar-refractivity contribution in [3.05, 3.63) is 24.5 Å². The molecule has 11 heavy (non-hydrogen) atoms. The highest BCUT2D eigenvalue weighted by Crippen LogP contribution is 1.84. The molecule has 4 heteroatoms. The summed E-state index contributed by atoms with van der Waals surface area (Å²) in [5, 5.41) is 9.27. The van der Waals surface area contributed by atoms with Crippen LogP contribution in [0.3, 0.4) is 0 Å². The van der Waals surface area contributed by atoms with E-state index < -0.39 is 7.12 Å². The van der Waals surface area contributed by atoms with Crippen molar-refractivity contribution >= 4 is 12.6 Å². The Morgan fingerprint density at radius 1 is 1.55 bits per heavy atom. The zero-order valence-electron chi connectivity index (χ0n) is 6.40. The first-order chi connectivity index (χ1) is 5.34. The Kier molecular flexibility index (Phi) is 3.07. The lowest BCUT2D eigenvalue weighted by Gasteiger charge is -2.03. The molecule has 0 spiro atoms. The summed E-state index contributed by atoms with van der Waals surface area (Å²) in [5.74, 6) is 0. The van der Waals surface area contributed by atoms with Crippen molar-refractivity contribution < 1.29 is 9.68 Å². The van der Waals surface area contributed by atoms with Crippen LogP contribution in [0, 0.1) is 0 Å². The molecule has 0 aliphatic carbocycles. The van der Waals surface area contributed by atoms with Crippen molar-refractivity contribution in [1.29, 1.82) is 0 Å². The number of nitrogens with zero attached hydrogens (tertiary/aromatic N) is 1. The lowest BCUT2D eigenvalue weighted by Crippen LogP contribution is -2.33. The highest BCUT2D eigenvalue weighted by Gasteiger charge is 2.13. The van der Waals surface area contributed by atoms with Gasteiger partial charge in [0.25, 0.3) is 0 Å². The third-order valence-corrected chi connectivity index (χ3v) is 1.32. The minimum atomic E-state index is -0.817. The Hall–Kier alpha value is -0.865. The molecular weight excluding hydrogens is 141 g/mol. The fourth-order valence-corrected chi connectivity index (χ4v) is 0.782. The molecule has 1 N–H and O–H groups in total. The Bertz CT molecular complexity index is 205. The van der Waals surface area contributed by atoms with Gasteiger partial charge in [-0.05, 0) is 24.5 Å². The zero-order valence-corrected chi connectivity index (χ0v) is 6.40. The molecule has 0 amide bonds. The highest BCUT2D eigenvalue weighted by atomic mass is 16.5. The fraction of sp³-hybridized carbons (Fsp3) is 0.286. The molecule has 0 bridgehead atoms. The van der Waals surface area contributed by atoms with Crippen LogP contribution in [0.5, 0.6) is 0 Å². The highest BCUT2D eigenvalue weighted by molar-refractivity contribution is 6.59. The van der Waals surface area contributed by atoms with Gasteiger partial charge in [0.1, 0.15) is 0 Å². The van der Waals surface area contributed by atoms with Crippen molar-refractivity contribution in [3.8, 4) is 0 Å². The first-order valence-electron chi connectivity index (χ1n) is 3.54. The monoisotopic (exact) mass is 151 g/mol. The van der Waals surface area contributed by atoms with Crippen LogP contribution in [0.15, 0.2) is 24.5 Å². The molecule has 0 saturated heterocycles. The first kappa shape index (κ1) is 8.23. The summed E-state index contributed by atoms with van der Waals surface area (Å²) in [7, 11) is -0.817. The smallest absolute Gasteiger partial charge is 0.423 e. The number of hydrogen-bond donors (Lipinski definition) is 1. The molecule has 0 saturated carbocycles. The van der Waals surface area contributed by atoms with Gasteiger partial charge in [-0.15, -0.1) is 0 Å². The van der Waals surface area contributed by atoms with Crippen LogP contribution in [-0.4, -0.2) is 23.7 Å². The second kappa shape index (κ2) is 4.11. The maximum absolute atomic E-state index is 9.27. The molecule has 1 rings (SSSR count). The van der Waals surface area contributed by atoms with Crippen molar-refractivity contribution in [2.24, 2.45) is 0 Å². The van der Waals surface area contributed by atoms with Crippen LogP contribution >= 0.6 is 0 Å². The van der Waals surface area contributed by atoms with Crippen molar-refractivity contribution in [3.63, 3.8) is 0 Å². The molecular formula is C7H10BNO2. The summed E-state index contributed by atoms with van der Waals surface area (Å²) in [6.45, 7) is 2.34. The van der Waals surface area contributed by atoms with Gasteiger partial charge in [0.05, 0.1) is 0 Å². The number of aromatic nitrogens is 1. The Labute approximate surface area is 66.2 Å². The van der Waals surface area contributed by atoms with Gasteiger partial charge in [-0.1, -0.05) is 0 Å². The van der Waals surface area contributed by atoms with Gasteiger partial charge in [-0.3, -0.25) is 4.98 Å². The van der Waals surface area contributed by atoms with E-state index in [1.54, 1.807) is 24.5 Å². The van der Waals surface area contributed by atoms with E-state index in [9.17, 15) is 5.02 Å². The summed E-state index contributed by atoms with van der Waals surface area (Å²) in [6.07, 6.45) is 3.25. The molecule has 0 fully saturated rings. The summed E-state index contributed by atoms with van der Waals surface area (Å²) in [5.41, 5.74) is 0.738. The largest absolute Gasteiger partial charge is 0.491 e. The standard InChI is InChI=1S/C7H10BNO2/c1-2-11-8(10)7-3-5-9-6-4-7/h3-6,10H,2H2,1H3. The van der Waals surface area contributed by atoms with Crippen molar-refractivity contribution in [2.75, 3.05) is 6.61 Å². The fourth-order valence-electron chi connectivity index (χ4n) is 0.782. The molecule has 1 aromatic heterocycles. The third-order valence-electron chi connectivity index (χ3n) is 1.32. The molecule has 0 aromatic carbocycles. The predicted octanol–water partition coefficient (Wildman–Crippen LogP) is -0.194. The summed E-state index contributed by atoms with van der Waals surface area (Å²) in [6, 6.07) is 3.45. The van der Waals surface area contributed by atoms with Crippen LogP contribution in [0.25, 0.3) is 0 Å². The van der Waals surface area contributed by atoms with E-state index in [2.05, 4.69) is 4.98 Å². The quantitative estimate of drug-likeness (QED) is 0.608. The van der Waals surface area contributed by atoms with Gasteiger partial charge in [-0.2, -0.15) is 0 Å². The van der Waals surface area contributed by atoms with Crippen molar-refractivity contribution in [1.82, 2.24) is 4.98 Å². The second-order valence-corrected chi connectivity index (χ2v) is 2.09. The maximum atomic E-state index is 9.27. The van der Waals surface area contributed by atoms with E-state index >= 15 is 0 Å². The second-order valence-electron chi connectivity index (χ2n) is 2.09. The van der Waals surface area contributed by atoms with Crippen LogP contribution in [-0.2, 0) is 4.65 Å². The maximum Gasteiger partial charge on any atom is 0.491 e. The number of hydrogen-bond acceptors (Lipinski definition) is 3. The number of pyridine rings is 1. The van der Waals surface area contributed by atoms with E-state index in [-0.39, 0.29) is 0 Å². The normalized spacial score (nSPS) is 9.64. The van der Waals surface area contributed by atoms with Gasteiger partial charge in [0, 0.05) is 19.0 Å². The number of rotatable bonds is 3. The molecule has 58 valence electrons. The molecule has 0 atom stereocenters. The van der Waals surface area contributed by atoms with E-state index in [4.69, 9.17) is 4.65 Å². The lowest BCUT2D eigenvalue weighted by molar-refractivity contribution is 0.287. The summed E-state index contributed by atoms with van der Waals surface area (Å²) in [4.78, 5) is 3.82. The summed E-state index contributed by atoms with van der Waals surface area (Å²) < 4.78 is 4.96. The SMILES string of the molecule is CCOB(O)c1ccncc1.